The van der Waals surface area contributed by atoms with Crippen LogP contribution < -0.4 is 5.32 Å². The van der Waals surface area contributed by atoms with Crippen LogP contribution in [0.25, 0.3) is 0 Å². The number of benzene rings is 1. The van der Waals surface area contributed by atoms with Crippen molar-refractivity contribution in [1.29, 1.82) is 0 Å². The van der Waals surface area contributed by atoms with Crippen molar-refractivity contribution in [2.75, 3.05) is 5.32 Å². The molecule has 6 heteroatoms. The summed E-state index contributed by atoms with van der Waals surface area (Å²) < 4.78 is 27.6. The van der Waals surface area contributed by atoms with Gasteiger partial charge in [0, 0.05) is 18.9 Å². The number of hydrogen-bond acceptors (Lipinski definition) is 2. The third kappa shape index (κ3) is 2.54. The monoisotopic (exact) mass is 359 g/mol. The van der Waals surface area contributed by atoms with Crippen LogP contribution in [0.3, 0.4) is 0 Å². The molecule has 2 bridgehead atoms. The van der Waals surface area contributed by atoms with Gasteiger partial charge in [-0.1, -0.05) is 26.0 Å². The van der Waals surface area contributed by atoms with E-state index in [1.54, 1.807) is 0 Å². The van der Waals surface area contributed by atoms with Crippen molar-refractivity contribution in [3.63, 3.8) is 0 Å². The quantitative estimate of drug-likeness (QED) is 0.848. The number of hydrogen-bond donors (Lipinski definition) is 1. The number of anilines is 1. The summed E-state index contributed by atoms with van der Waals surface area (Å²) in [5.74, 6) is 1.63. The zero-order valence-electron chi connectivity index (χ0n) is 15.2. The first-order chi connectivity index (χ1) is 12.4. The highest BCUT2D eigenvalue weighted by Gasteiger charge is 2.48. The minimum absolute atomic E-state index is 0.0660. The lowest BCUT2D eigenvalue weighted by molar-refractivity contribution is 0.101. The molecule has 1 aromatic heterocycles. The van der Waals surface area contributed by atoms with Gasteiger partial charge in [0.1, 0.15) is 5.69 Å². The van der Waals surface area contributed by atoms with Gasteiger partial charge in [-0.2, -0.15) is 5.10 Å². The molecule has 2 unspecified atom stereocenters. The third-order valence-electron chi connectivity index (χ3n) is 5.95. The van der Waals surface area contributed by atoms with Gasteiger partial charge in [0.05, 0.1) is 5.56 Å². The summed E-state index contributed by atoms with van der Waals surface area (Å²) in [7, 11) is 1.54. The molecule has 26 heavy (non-hydrogen) atoms. The molecule has 0 spiro atoms. The van der Waals surface area contributed by atoms with E-state index >= 15 is 0 Å². The van der Waals surface area contributed by atoms with Gasteiger partial charge in [-0.25, -0.2) is 8.78 Å². The molecular formula is C20H23F2N3O. The van der Waals surface area contributed by atoms with Crippen LogP contribution in [0.2, 0.25) is 0 Å². The maximum atomic E-state index is 13.2. The van der Waals surface area contributed by atoms with Crippen molar-refractivity contribution in [3.8, 4) is 0 Å². The predicted molar refractivity (Wildman–Crippen MR) is 95.6 cm³/mol. The number of amides is 1. The first-order valence-corrected chi connectivity index (χ1v) is 9.14. The summed E-state index contributed by atoms with van der Waals surface area (Å²) in [6, 6.07) is 5.98. The van der Waals surface area contributed by atoms with E-state index in [2.05, 4.69) is 30.3 Å². The second kappa shape index (κ2) is 6.18. The summed E-state index contributed by atoms with van der Waals surface area (Å²) in [4.78, 5) is 12.7. The Balaban J connectivity index is 1.67. The third-order valence-corrected chi connectivity index (χ3v) is 5.95. The van der Waals surface area contributed by atoms with Crippen LogP contribution in [0, 0.1) is 11.8 Å². The Bertz CT molecular complexity index is 859. The maximum Gasteiger partial charge on any atom is 0.282 e. The topological polar surface area (TPSA) is 46.9 Å². The molecule has 2 aromatic rings. The molecule has 4 rings (SSSR count). The number of fused-ring (bicyclic) bond motifs is 5. The molecule has 3 atom stereocenters. The summed E-state index contributed by atoms with van der Waals surface area (Å²) in [5.41, 5.74) is 2.74. The van der Waals surface area contributed by atoms with Crippen molar-refractivity contribution in [3.05, 3.63) is 46.8 Å². The number of aromatic nitrogens is 2. The minimum atomic E-state index is -2.78. The number of carbonyl (C=O) groups is 1. The standard InChI is InChI=1S/C20H23F2N3O/c1-10(2)16-12-7-8-13(16)17-11(12)5-4-6-15(17)23-20(26)14-9-25(3)24-18(14)19(21)22/h4-6,9-10,12-13,16,19H,7-8H2,1-3H3,(H,23,26)/t12?,13?,16-/m1/s1. The van der Waals surface area contributed by atoms with Crippen LogP contribution in [0.5, 0.6) is 0 Å². The van der Waals surface area contributed by atoms with E-state index in [0.29, 0.717) is 23.7 Å². The Morgan fingerprint density at radius 3 is 2.69 bits per heavy atom. The van der Waals surface area contributed by atoms with Crippen LogP contribution in [0.1, 0.15) is 72.1 Å². The average Bonchev–Trinajstić information content (AvgIpc) is 3.26. The molecule has 138 valence electrons. The zero-order chi connectivity index (χ0) is 18.6. The van der Waals surface area contributed by atoms with E-state index in [1.807, 2.05) is 12.1 Å². The van der Waals surface area contributed by atoms with E-state index in [0.717, 1.165) is 12.1 Å². The van der Waals surface area contributed by atoms with Gasteiger partial charge in [-0.3, -0.25) is 9.48 Å². The molecule has 0 radical (unpaired) electrons. The number of halogens is 2. The lowest BCUT2D eigenvalue weighted by Gasteiger charge is -2.21. The second-order valence-electron chi connectivity index (χ2n) is 7.78. The Morgan fingerprint density at radius 1 is 1.27 bits per heavy atom. The van der Waals surface area contributed by atoms with Gasteiger partial charge in [0.2, 0.25) is 0 Å². The van der Waals surface area contributed by atoms with Crippen LogP contribution in [0.15, 0.2) is 24.4 Å². The molecule has 1 heterocycles. The highest BCUT2D eigenvalue weighted by Crippen LogP contribution is 2.61. The van der Waals surface area contributed by atoms with Gasteiger partial charge in [0.15, 0.2) is 0 Å². The smallest absolute Gasteiger partial charge is 0.282 e. The van der Waals surface area contributed by atoms with Crippen LogP contribution in [-0.4, -0.2) is 15.7 Å². The number of rotatable bonds is 4. The normalized spacial score (nSPS) is 23.7. The number of alkyl halides is 2. The number of nitrogens with zero attached hydrogens (tertiary/aromatic N) is 2. The number of aryl methyl sites for hydroxylation is 1. The Labute approximate surface area is 151 Å². The Morgan fingerprint density at radius 2 is 2.00 bits per heavy atom. The molecular weight excluding hydrogens is 336 g/mol. The van der Waals surface area contributed by atoms with Crippen molar-refractivity contribution >= 4 is 11.6 Å². The highest BCUT2D eigenvalue weighted by molar-refractivity contribution is 6.05. The van der Waals surface area contributed by atoms with Crippen molar-refractivity contribution < 1.29 is 13.6 Å². The largest absolute Gasteiger partial charge is 0.322 e. The minimum Gasteiger partial charge on any atom is -0.322 e. The first kappa shape index (κ1) is 17.2. The van der Waals surface area contributed by atoms with Gasteiger partial charge < -0.3 is 5.32 Å². The van der Waals surface area contributed by atoms with Gasteiger partial charge in [-0.05, 0) is 53.7 Å². The molecule has 0 saturated heterocycles. The predicted octanol–water partition coefficient (Wildman–Crippen LogP) is 4.86. The Hall–Kier alpha value is -2.24. The molecule has 1 aromatic carbocycles. The van der Waals surface area contributed by atoms with E-state index in [1.165, 1.54) is 35.5 Å². The highest BCUT2D eigenvalue weighted by atomic mass is 19.3. The summed E-state index contributed by atoms with van der Waals surface area (Å²) >= 11 is 0. The van der Waals surface area contributed by atoms with Gasteiger partial charge in [-0.15, -0.1) is 0 Å². The van der Waals surface area contributed by atoms with E-state index in [4.69, 9.17) is 0 Å². The van der Waals surface area contributed by atoms with Crippen LogP contribution in [0.4, 0.5) is 14.5 Å². The molecule has 1 N–H and O–H groups in total. The Kier molecular flexibility index (Phi) is 4.09. The molecule has 4 nitrogen and oxygen atoms in total. The van der Waals surface area contributed by atoms with Crippen LogP contribution >= 0.6 is 0 Å². The molecule has 1 fully saturated rings. The fourth-order valence-corrected chi connectivity index (χ4v) is 5.11. The lowest BCUT2D eigenvalue weighted by Crippen LogP contribution is -2.16. The lowest BCUT2D eigenvalue weighted by atomic mass is 9.85. The summed E-state index contributed by atoms with van der Waals surface area (Å²) in [6.07, 6.45) is 0.890. The van der Waals surface area contributed by atoms with Crippen molar-refractivity contribution in [2.24, 2.45) is 18.9 Å². The fraction of sp³-hybridized carbons (Fsp3) is 0.500. The van der Waals surface area contributed by atoms with Crippen molar-refractivity contribution in [1.82, 2.24) is 9.78 Å². The molecule has 1 amide bonds. The summed E-state index contributed by atoms with van der Waals surface area (Å²) in [6.45, 7) is 4.51. The second-order valence-corrected chi connectivity index (χ2v) is 7.78. The number of nitrogens with one attached hydrogen (secondary N) is 1. The van der Waals surface area contributed by atoms with E-state index in [9.17, 15) is 13.6 Å². The SMILES string of the molecule is CC(C)[C@@H]1C2CCC1c1c(NC(=O)c3cn(C)nc3C(F)F)cccc12. The van der Waals surface area contributed by atoms with Crippen molar-refractivity contribution in [2.45, 2.75) is 45.0 Å². The number of carbonyl (C=O) groups excluding carboxylic acids is 1. The average molecular weight is 359 g/mol. The maximum absolute atomic E-state index is 13.2. The summed E-state index contributed by atoms with van der Waals surface area (Å²) in [5, 5.41) is 6.61. The fourth-order valence-electron chi connectivity index (χ4n) is 5.11. The molecule has 1 saturated carbocycles. The van der Waals surface area contributed by atoms with Crippen LogP contribution in [-0.2, 0) is 7.05 Å². The molecule has 2 aliphatic carbocycles. The van der Waals surface area contributed by atoms with Gasteiger partial charge >= 0.3 is 0 Å². The first-order valence-electron chi connectivity index (χ1n) is 9.14. The van der Waals surface area contributed by atoms with E-state index in [-0.39, 0.29) is 5.56 Å². The zero-order valence-corrected chi connectivity index (χ0v) is 15.2. The molecule has 0 aliphatic heterocycles. The van der Waals surface area contributed by atoms with E-state index < -0.39 is 18.0 Å². The molecule has 2 aliphatic rings. The van der Waals surface area contributed by atoms with Gasteiger partial charge in [0.25, 0.3) is 12.3 Å².